The van der Waals surface area contributed by atoms with Crippen LogP contribution in [0.1, 0.15) is 30.5 Å². The third-order valence-electron chi connectivity index (χ3n) is 3.55. The van der Waals surface area contributed by atoms with E-state index in [-0.39, 0.29) is 24.8 Å². The molecule has 25 heavy (non-hydrogen) atoms. The molecular formula is C19H24ClNO4. The molecule has 0 heterocycles. The van der Waals surface area contributed by atoms with E-state index in [0.29, 0.717) is 24.7 Å². The summed E-state index contributed by atoms with van der Waals surface area (Å²) in [7, 11) is 1.35. The molecule has 136 valence electrons. The van der Waals surface area contributed by atoms with Crippen LogP contribution in [0.2, 0.25) is 0 Å². The van der Waals surface area contributed by atoms with Crippen LogP contribution in [0.15, 0.2) is 48.5 Å². The van der Waals surface area contributed by atoms with Crippen molar-refractivity contribution in [3.63, 3.8) is 0 Å². The molecule has 2 N–H and O–H groups in total. The summed E-state index contributed by atoms with van der Waals surface area (Å²) in [5.74, 6) is 0.922. The zero-order valence-corrected chi connectivity index (χ0v) is 15.3. The number of methoxy groups -OCH3 is 1. The highest BCUT2D eigenvalue weighted by Crippen LogP contribution is 2.31. The van der Waals surface area contributed by atoms with Crippen LogP contribution in [-0.4, -0.2) is 19.7 Å². The van der Waals surface area contributed by atoms with E-state index in [1.165, 1.54) is 7.11 Å². The number of benzene rings is 2. The Morgan fingerprint density at radius 2 is 1.80 bits per heavy atom. The molecule has 0 saturated heterocycles. The van der Waals surface area contributed by atoms with Gasteiger partial charge in [-0.05, 0) is 30.2 Å². The molecule has 0 saturated carbocycles. The predicted molar refractivity (Wildman–Crippen MR) is 99.2 cm³/mol. The minimum absolute atomic E-state index is 0. The molecule has 0 aromatic heterocycles. The van der Waals surface area contributed by atoms with E-state index in [1.807, 2.05) is 55.5 Å². The molecule has 2 aromatic rings. The highest BCUT2D eigenvalue weighted by atomic mass is 35.5. The van der Waals surface area contributed by atoms with E-state index in [2.05, 4.69) is 4.74 Å². The van der Waals surface area contributed by atoms with Crippen molar-refractivity contribution >= 4 is 18.4 Å². The minimum Gasteiger partial charge on any atom is -0.490 e. The molecule has 0 aliphatic carbocycles. The van der Waals surface area contributed by atoms with Gasteiger partial charge in [0.2, 0.25) is 0 Å². The average molecular weight is 366 g/mol. The van der Waals surface area contributed by atoms with Gasteiger partial charge in [0.15, 0.2) is 11.5 Å². The topological polar surface area (TPSA) is 70.8 Å². The minimum atomic E-state index is -0.445. The molecule has 0 unspecified atom stereocenters. The Morgan fingerprint density at radius 3 is 2.44 bits per heavy atom. The SMILES string of the molecule is CCOc1cc([C@H](N)CC(=O)OC)ccc1OCc1ccccc1.Cl. The molecule has 0 bridgehead atoms. The summed E-state index contributed by atoms with van der Waals surface area (Å²) in [5.41, 5.74) is 7.93. The van der Waals surface area contributed by atoms with Crippen molar-refractivity contribution < 1.29 is 19.0 Å². The summed E-state index contributed by atoms with van der Waals surface area (Å²) in [6.45, 7) is 2.87. The number of carbonyl (C=O) groups is 1. The first-order valence-electron chi connectivity index (χ1n) is 7.90. The van der Waals surface area contributed by atoms with E-state index < -0.39 is 6.04 Å². The highest BCUT2D eigenvalue weighted by molar-refractivity contribution is 5.85. The first-order valence-corrected chi connectivity index (χ1v) is 7.90. The van der Waals surface area contributed by atoms with Gasteiger partial charge < -0.3 is 19.9 Å². The number of nitrogens with two attached hydrogens (primary N) is 1. The number of rotatable bonds is 8. The molecule has 6 heteroatoms. The van der Waals surface area contributed by atoms with Crippen LogP contribution >= 0.6 is 12.4 Å². The third kappa shape index (κ3) is 6.29. The van der Waals surface area contributed by atoms with Gasteiger partial charge >= 0.3 is 5.97 Å². The van der Waals surface area contributed by atoms with Crippen LogP contribution < -0.4 is 15.2 Å². The Morgan fingerprint density at radius 1 is 1.08 bits per heavy atom. The standard InChI is InChI=1S/C19H23NO4.ClH/c1-3-23-18-11-15(16(20)12-19(21)22-2)9-10-17(18)24-13-14-7-5-4-6-8-14;/h4-11,16H,3,12-13,20H2,1-2H3;1H/t16-;/m1./s1. The number of hydrogen-bond acceptors (Lipinski definition) is 5. The second-order valence-corrected chi connectivity index (χ2v) is 5.30. The Hall–Kier alpha value is -2.24. The zero-order valence-electron chi connectivity index (χ0n) is 14.4. The lowest BCUT2D eigenvalue weighted by atomic mass is 10.0. The second kappa shape index (κ2) is 10.6. The van der Waals surface area contributed by atoms with Gasteiger partial charge in [0, 0.05) is 6.04 Å². The molecule has 0 radical (unpaired) electrons. The highest BCUT2D eigenvalue weighted by Gasteiger charge is 2.15. The van der Waals surface area contributed by atoms with Crippen molar-refractivity contribution in [3.05, 3.63) is 59.7 Å². The van der Waals surface area contributed by atoms with Crippen LogP contribution in [0.5, 0.6) is 11.5 Å². The molecular weight excluding hydrogens is 342 g/mol. The van der Waals surface area contributed by atoms with Gasteiger partial charge in [-0.1, -0.05) is 36.4 Å². The summed E-state index contributed by atoms with van der Waals surface area (Å²) in [5, 5.41) is 0. The molecule has 0 spiro atoms. The van der Waals surface area contributed by atoms with Gasteiger partial charge in [-0.3, -0.25) is 4.79 Å². The molecule has 2 aromatic carbocycles. The van der Waals surface area contributed by atoms with E-state index >= 15 is 0 Å². The number of halogens is 1. The lowest BCUT2D eigenvalue weighted by molar-refractivity contribution is -0.141. The van der Waals surface area contributed by atoms with Crippen LogP contribution in [0, 0.1) is 0 Å². The van der Waals surface area contributed by atoms with Gasteiger partial charge in [-0.25, -0.2) is 0 Å². The monoisotopic (exact) mass is 365 g/mol. The summed E-state index contributed by atoms with van der Waals surface area (Å²) >= 11 is 0. The lowest BCUT2D eigenvalue weighted by Gasteiger charge is -2.16. The van der Waals surface area contributed by atoms with Crippen molar-refractivity contribution in [1.29, 1.82) is 0 Å². The van der Waals surface area contributed by atoms with E-state index in [0.717, 1.165) is 11.1 Å². The van der Waals surface area contributed by atoms with Crippen LogP contribution in [0.4, 0.5) is 0 Å². The first-order chi connectivity index (χ1) is 11.6. The molecule has 2 rings (SSSR count). The molecule has 1 atom stereocenters. The maximum absolute atomic E-state index is 11.4. The Balaban J connectivity index is 0.00000312. The zero-order chi connectivity index (χ0) is 17.4. The number of esters is 1. The van der Waals surface area contributed by atoms with Gasteiger partial charge in [0.25, 0.3) is 0 Å². The molecule has 0 fully saturated rings. The van der Waals surface area contributed by atoms with Gasteiger partial charge in [-0.15, -0.1) is 12.4 Å². The molecule has 0 aliphatic heterocycles. The van der Waals surface area contributed by atoms with Crippen molar-refractivity contribution in [2.24, 2.45) is 5.73 Å². The molecule has 5 nitrogen and oxygen atoms in total. The van der Waals surface area contributed by atoms with E-state index in [4.69, 9.17) is 15.2 Å². The summed E-state index contributed by atoms with van der Waals surface area (Å²) < 4.78 is 16.2. The Bertz CT molecular complexity index is 664. The number of ether oxygens (including phenoxy) is 3. The van der Waals surface area contributed by atoms with Crippen molar-refractivity contribution in [1.82, 2.24) is 0 Å². The van der Waals surface area contributed by atoms with Crippen LogP contribution in [-0.2, 0) is 16.1 Å². The van der Waals surface area contributed by atoms with E-state index in [9.17, 15) is 4.79 Å². The quantitative estimate of drug-likeness (QED) is 0.723. The van der Waals surface area contributed by atoms with Crippen molar-refractivity contribution in [2.45, 2.75) is 26.0 Å². The largest absolute Gasteiger partial charge is 0.490 e. The predicted octanol–water partition coefficient (Wildman–Crippen LogP) is 3.65. The summed E-state index contributed by atoms with van der Waals surface area (Å²) in [6.07, 6.45) is 0.117. The summed E-state index contributed by atoms with van der Waals surface area (Å²) in [6, 6.07) is 14.9. The van der Waals surface area contributed by atoms with Gasteiger partial charge in [0.05, 0.1) is 20.1 Å². The normalized spacial score (nSPS) is 11.2. The average Bonchev–Trinajstić information content (AvgIpc) is 2.61. The van der Waals surface area contributed by atoms with E-state index in [1.54, 1.807) is 0 Å². The fourth-order valence-electron chi connectivity index (χ4n) is 2.26. The molecule has 0 amide bonds. The van der Waals surface area contributed by atoms with Crippen LogP contribution in [0.3, 0.4) is 0 Å². The van der Waals surface area contributed by atoms with Gasteiger partial charge in [-0.2, -0.15) is 0 Å². The Kier molecular flexibility index (Phi) is 8.81. The number of carbonyl (C=O) groups excluding carboxylic acids is 1. The second-order valence-electron chi connectivity index (χ2n) is 5.30. The smallest absolute Gasteiger partial charge is 0.307 e. The first kappa shape index (κ1) is 20.8. The van der Waals surface area contributed by atoms with Gasteiger partial charge in [0.1, 0.15) is 6.61 Å². The maximum Gasteiger partial charge on any atom is 0.307 e. The Labute approximate surface area is 154 Å². The maximum atomic E-state index is 11.4. The fourth-order valence-corrected chi connectivity index (χ4v) is 2.26. The lowest BCUT2D eigenvalue weighted by Crippen LogP contribution is -2.16. The van der Waals surface area contributed by atoms with Crippen molar-refractivity contribution in [2.75, 3.05) is 13.7 Å². The third-order valence-corrected chi connectivity index (χ3v) is 3.55. The fraction of sp³-hybridized carbons (Fsp3) is 0.316. The van der Waals surface area contributed by atoms with Crippen LogP contribution in [0.25, 0.3) is 0 Å². The summed E-state index contributed by atoms with van der Waals surface area (Å²) in [4.78, 5) is 11.4. The van der Waals surface area contributed by atoms with Crippen molar-refractivity contribution in [3.8, 4) is 11.5 Å². The molecule has 0 aliphatic rings. The number of hydrogen-bond donors (Lipinski definition) is 1.